The lowest BCUT2D eigenvalue weighted by Crippen LogP contribution is -2.27. The number of hydrogen-bond donors (Lipinski definition) is 1. The zero-order valence-corrected chi connectivity index (χ0v) is 19.0. The summed E-state index contributed by atoms with van der Waals surface area (Å²) >= 11 is 6.21. The fraction of sp³-hybridized carbons (Fsp3) is 0.435. The molecule has 1 atom stereocenters. The van der Waals surface area contributed by atoms with Gasteiger partial charge in [-0.2, -0.15) is 0 Å². The Morgan fingerprint density at radius 1 is 1.13 bits per heavy atom. The van der Waals surface area contributed by atoms with Gasteiger partial charge in [0, 0.05) is 29.3 Å². The van der Waals surface area contributed by atoms with Crippen molar-refractivity contribution in [2.45, 2.75) is 53.5 Å². The van der Waals surface area contributed by atoms with Crippen LogP contribution in [-0.2, 0) is 11.2 Å². The Balaban J connectivity index is 2.17. The molecule has 0 radical (unpaired) electrons. The molecule has 0 bridgehead atoms. The minimum absolute atomic E-state index is 0.0529. The molecule has 2 aromatic rings. The smallest absolute Gasteiger partial charge is 0.272 e. The number of benzene rings is 1. The first kappa shape index (κ1) is 24.7. The molecule has 1 aromatic carbocycles. The van der Waals surface area contributed by atoms with Crippen LogP contribution in [-0.4, -0.2) is 29.7 Å². The third kappa shape index (κ3) is 6.99. The third-order valence-corrected chi connectivity index (χ3v) is 5.00. The van der Waals surface area contributed by atoms with Crippen molar-refractivity contribution in [1.82, 2.24) is 10.3 Å². The van der Waals surface area contributed by atoms with Crippen molar-refractivity contribution >= 4 is 23.3 Å². The van der Waals surface area contributed by atoms with E-state index in [0.717, 1.165) is 0 Å². The summed E-state index contributed by atoms with van der Waals surface area (Å²) in [5.74, 6) is -0.172. The summed E-state index contributed by atoms with van der Waals surface area (Å²) in [6.07, 6.45) is -2.43. The second kappa shape index (κ2) is 10.7. The van der Waals surface area contributed by atoms with E-state index in [1.807, 2.05) is 13.8 Å². The number of aromatic nitrogens is 1. The van der Waals surface area contributed by atoms with Crippen LogP contribution in [0.2, 0.25) is 5.02 Å². The molecule has 8 heteroatoms. The van der Waals surface area contributed by atoms with Gasteiger partial charge in [0.05, 0.1) is 11.1 Å². The summed E-state index contributed by atoms with van der Waals surface area (Å²) in [5.41, 5.74) is 2.91. The number of alkyl halides is 2. The molecule has 0 fully saturated rings. The predicted molar refractivity (Wildman–Crippen MR) is 116 cm³/mol. The molecule has 0 spiro atoms. The molecule has 0 aliphatic rings. The number of nitrogens with one attached hydrogen (secondary N) is 1. The largest absolute Gasteiger partial charge is 0.486 e. The van der Waals surface area contributed by atoms with Gasteiger partial charge in [0.2, 0.25) is 0 Å². The topological polar surface area (TPSA) is 68.3 Å². The number of nitrogens with zero attached hydrogens (tertiary/aromatic N) is 1. The number of aryl methyl sites for hydroxylation is 2. The first-order chi connectivity index (χ1) is 14.5. The molecule has 2 rings (SSSR count). The lowest BCUT2D eigenvalue weighted by atomic mass is 10.0. The van der Waals surface area contributed by atoms with Crippen LogP contribution in [0.15, 0.2) is 24.3 Å². The maximum atomic E-state index is 12.8. The Bertz CT molecular complexity index is 941. The maximum absolute atomic E-state index is 12.8. The van der Waals surface area contributed by atoms with Crippen molar-refractivity contribution in [3.8, 4) is 5.75 Å². The average Bonchev–Trinajstić information content (AvgIpc) is 2.66. The van der Waals surface area contributed by atoms with Crippen molar-refractivity contribution < 1.29 is 23.1 Å². The number of Topliss-reactive ketones (excluding diaryl/α,β-unsaturated/α-hetero) is 1. The molecule has 0 saturated heterocycles. The normalized spacial score (nSPS) is 12.2. The average molecular weight is 453 g/mol. The van der Waals surface area contributed by atoms with Gasteiger partial charge in [-0.05, 0) is 50.1 Å². The Hall–Kier alpha value is -2.54. The van der Waals surface area contributed by atoms with Crippen LogP contribution in [0.4, 0.5) is 8.78 Å². The number of hydrogen-bond acceptors (Lipinski definition) is 4. The van der Waals surface area contributed by atoms with Crippen molar-refractivity contribution in [2.24, 2.45) is 5.92 Å². The van der Waals surface area contributed by atoms with Crippen LogP contribution in [0.1, 0.15) is 59.7 Å². The van der Waals surface area contributed by atoms with Crippen LogP contribution in [0.3, 0.4) is 0 Å². The monoisotopic (exact) mass is 452 g/mol. The molecule has 1 unspecified atom stereocenters. The minimum atomic E-state index is -2.60. The fourth-order valence-corrected chi connectivity index (χ4v) is 3.37. The molecular formula is C23H27ClF2N2O3. The van der Waals surface area contributed by atoms with Crippen LogP contribution in [0, 0.1) is 19.8 Å². The van der Waals surface area contributed by atoms with E-state index >= 15 is 0 Å². The summed E-state index contributed by atoms with van der Waals surface area (Å²) in [7, 11) is 0. The molecule has 1 N–H and O–H groups in total. The van der Waals surface area contributed by atoms with Gasteiger partial charge in [-0.15, -0.1) is 0 Å². The second-order valence-corrected chi connectivity index (χ2v) is 8.24. The summed E-state index contributed by atoms with van der Waals surface area (Å²) in [6, 6.07) is 6.20. The molecule has 1 heterocycles. The minimum Gasteiger partial charge on any atom is -0.486 e. The number of carbonyl (C=O) groups is 2. The molecule has 0 aliphatic heterocycles. The summed E-state index contributed by atoms with van der Waals surface area (Å²) in [6.45, 7) is 8.17. The summed E-state index contributed by atoms with van der Waals surface area (Å²) < 4.78 is 29.9. The number of amides is 1. The van der Waals surface area contributed by atoms with Crippen molar-refractivity contribution in [3.05, 3.63) is 57.4 Å². The Kier molecular flexibility index (Phi) is 8.51. The van der Waals surface area contributed by atoms with E-state index in [1.54, 1.807) is 45.0 Å². The lowest BCUT2D eigenvalue weighted by molar-refractivity contribution is -0.121. The Morgan fingerprint density at radius 3 is 2.39 bits per heavy atom. The first-order valence-electron chi connectivity index (χ1n) is 10.00. The highest BCUT2D eigenvalue weighted by molar-refractivity contribution is 6.32. The van der Waals surface area contributed by atoms with Gasteiger partial charge in [-0.1, -0.05) is 31.5 Å². The molecule has 1 aromatic heterocycles. The highest BCUT2D eigenvalue weighted by atomic mass is 35.5. The van der Waals surface area contributed by atoms with Gasteiger partial charge < -0.3 is 10.1 Å². The van der Waals surface area contributed by atoms with Gasteiger partial charge in [-0.25, -0.2) is 8.78 Å². The quantitative estimate of drug-likeness (QED) is 0.564. The van der Waals surface area contributed by atoms with E-state index < -0.39 is 19.1 Å². The predicted octanol–water partition coefficient (Wildman–Crippen LogP) is 5.25. The number of ether oxygens (including phenoxy) is 1. The van der Waals surface area contributed by atoms with Crippen molar-refractivity contribution in [2.75, 3.05) is 6.61 Å². The highest BCUT2D eigenvalue weighted by Gasteiger charge is 2.18. The van der Waals surface area contributed by atoms with E-state index in [0.29, 0.717) is 28.1 Å². The number of halogens is 3. The fourth-order valence-electron chi connectivity index (χ4n) is 3.04. The van der Waals surface area contributed by atoms with Gasteiger partial charge in [-0.3, -0.25) is 14.6 Å². The molecule has 5 nitrogen and oxygen atoms in total. The standard InChI is InChI=1S/C23H27ClF2N2O3/c1-12(2)20(29)10-18-8-17(7-14(4)27-18)23(30)28-15(5)16-6-13(3)22(19(24)9-16)31-11-21(25)26/h6-9,12,15,21H,10-11H2,1-5H3,(H,28,30). The lowest BCUT2D eigenvalue weighted by Gasteiger charge is -2.18. The van der Waals surface area contributed by atoms with E-state index in [2.05, 4.69) is 10.3 Å². The van der Waals surface area contributed by atoms with Crippen molar-refractivity contribution in [1.29, 1.82) is 0 Å². The Morgan fingerprint density at radius 2 is 1.81 bits per heavy atom. The second-order valence-electron chi connectivity index (χ2n) is 7.83. The molecule has 31 heavy (non-hydrogen) atoms. The third-order valence-electron chi connectivity index (χ3n) is 4.72. The van der Waals surface area contributed by atoms with Gasteiger partial charge in [0.15, 0.2) is 0 Å². The summed E-state index contributed by atoms with van der Waals surface area (Å²) in [4.78, 5) is 29.2. The van der Waals surface area contributed by atoms with Crippen LogP contribution in [0.5, 0.6) is 5.75 Å². The summed E-state index contributed by atoms with van der Waals surface area (Å²) in [5, 5.41) is 3.10. The maximum Gasteiger partial charge on any atom is 0.272 e. The zero-order chi connectivity index (χ0) is 23.3. The van der Waals surface area contributed by atoms with Crippen molar-refractivity contribution in [3.63, 3.8) is 0 Å². The van der Waals surface area contributed by atoms with E-state index in [4.69, 9.17) is 16.3 Å². The SMILES string of the molecule is Cc1cc(C(=O)NC(C)c2cc(C)c(OCC(F)F)c(Cl)c2)cc(CC(=O)C(C)C)n1. The van der Waals surface area contributed by atoms with E-state index in [9.17, 15) is 18.4 Å². The van der Waals surface area contributed by atoms with Crippen LogP contribution >= 0.6 is 11.6 Å². The Labute approximate surface area is 186 Å². The van der Waals surface area contributed by atoms with Gasteiger partial charge in [0.1, 0.15) is 18.1 Å². The number of pyridine rings is 1. The number of ketones is 1. The van der Waals surface area contributed by atoms with Crippen LogP contribution < -0.4 is 10.1 Å². The van der Waals surface area contributed by atoms with Gasteiger partial charge >= 0.3 is 0 Å². The number of carbonyl (C=O) groups excluding carboxylic acids is 2. The van der Waals surface area contributed by atoms with E-state index in [-0.39, 0.29) is 34.8 Å². The van der Waals surface area contributed by atoms with E-state index in [1.165, 1.54) is 0 Å². The molecule has 168 valence electrons. The molecule has 0 aliphatic carbocycles. The zero-order valence-electron chi connectivity index (χ0n) is 18.3. The molecule has 0 saturated carbocycles. The number of rotatable bonds is 9. The molecule has 1 amide bonds. The first-order valence-corrected chi connectivity index (χ1v) is 10.4. The molecular weight excluding hydrogens is 426 g/mol. The van der Waals surface area contributed by atoms with Crippen LogP contribution in [0.25, 0.3) is 0 Å². The van der Waals surface area contributed by atoms with Gasteiger partial charge in [0.25, 0.3) is 12.3 Å². The highest BCUT2D eigenvalue weighted by Crippen LogP contribution is 2.32.